The van der Waals surface area contributed by atoms with E-state index in [1.54, 1.807) is 11.9 Å². The molecular formula is C15H14N2OS2. The summed E-state index contributed by atoms with van der Waals surface area (Å²) in [4.78, 5) is 20.6. The van der Waals surface area contributed by atoms with Gasteiger partial charge in [-0.3, -0.25) is 9.69 Å². The number of anilines is 1. The van der Waals surface area contributed by atoms with E-state index in [-0.39, 0.29) is 5.91 Å². The van der Waals surface area contributed by atoms with Gasteiger partial charge in [-0.15, -0.1) is 11.3 Å². The van der Waals surface area contributed by atoms with Gasteiger partial charge in [-0.05, 0) is 37.6 Å². The molecule has 0 aliphatic rings. The van der Waals surface area contributed by atoms with Gasteiger partial charge in [0.15, 0.2) is 5.13 Å². The number of fused-ring (bicyclic) bond motifs is 1. The van der Waals surface area contributed by atoms with E-state index in [0.717, 1.165) is 25.8 Å². The van der Waals surface area contributed by atoms with Gasteiger partial charge in [-0.25, -0.2) is 4.98 Å². The molecule has 1 aromatic carbocycles. The fourth-order valence-electron chi connectivity index (χ4n) is 1.93. The number of rotatable bonds is 2. The highest BCUT2D eigenvalue weighted by atomic mass is 32.1. The zero-order valence-corrected chi connectivity index (χ0v) is 13.1. The van der Waals surface area contributed by atoms with E-state index in [9.17, 15) is 4.79 Å². The van der Waals surface area contributed by atoms with Crippen LogP contribution in [0.5, 0.6) is 0 Å². The van der Waals surface area contributed by atoms with Gasteiger partial charge in [-0.1, -0.05) is 23.5 Å². The van der Waals surface area contributed by atoms with Crippen LogP contribution in [0.1, 0.15) is 20.1 Å². The van der Waals surface area contributed by atoms with Crippen molar-refractivity contribution in [2.45, 2.75) is 13.8 Å². The molecular weight excluding hydrogens is 288 g/mol. The van der Waals surface area contributed by atoms with Crippen LogP contribution in [0.2, 0.25) is 0 Å². The van der Waals surface area contributed by atoms with E-state index in [4.69, 9.17) is 0 Å². The lowest BCUT2D eigenvalue weighted by atomic mass is 10.3. The Hall–Kier alpha value is -1.72. The molecule has 0 atom stereocenters. The first-order valence-electron chi connectivity index (χ1n) is 6.27. The van der Waals surface area contributed by atoms with Crippen molar-refractivity contribution in [3.05, 3.63) is 45.6 Å². The Kier molecular flexibility index (Phi) is 3.31. The summed E-state index contributed by atoms with van der Waals surface area (Å²) in [6, 6.07) is 9.88. The number of aryl methyl sites for hydroxylation is 2. The number of thiophene rings is 1. The summed E-state index contributed by atoms with van der Waals surface area (Å²) in [6.45, 7) is 4.06. The molecule has 0 bridgehead atoms. The average molecular weight is 302 g/mol. The minimum Gasteiger partial charge on any atom is -0.286 e. The number of thiazole rings is 1. The number of para-hydroxylation sites is 1. The first-order valence-corrected chi connectivity index (χ1v) is 7.90. The largest absolute Gasteiger partial charge is 0.286 e. The number of benzene rings is 1. The molecule has 2 aromatic heterocycles. The van der Waals surface area contributed by atoms with E-state index < -0.39 is 0 Å². The van der Waals surface area contributed by atoms with E-state index in [1.165, 1.54) is 27.6 Å². The minimum atomic E-state index is 0.00487. The Morgan fingerprint density at radius 3 is 2.60 bits per heavy atom. The second-order valence-corrected chi connectivity index (χ2v) is 6.94. The molecule has 2 heterocycles. The normalized spacial score (nSPS) is 10.9. The Morgan fingerprint density at radius 2 is 1.95 bits per heavy atom. The van der Waals surface area contributed by atoms with Crippen LogP contribution in [0.4, 0.5) is 5.13 Å². The molecule has 0 saturated carbocycles. The van der Waals surface area contributed by atoms with Crippen molar-refractivity contribution >= 4 is 43.9 Å². The van der Waals surface area contributed by atoms with E-state index >= 15 is 0 Å². The van der Waals surface area contributed by atoms with Crippen molar-refractivity contribution in [1.29, 1.82) is 0 Å². The molecule has 0 aliphatic carbocycles. The SMILES string of the molecule is Cc1cc(C(=O)N(C)c2nc3ccccc3s2)sc1C. The number of amides is 1. The van der Waals surface area contributed by atoms with Crippen LogP contribution in [0, 0.1) is 13.8 Å². The average Bonchev–Trinajstić information content (AvgIpc) is 3.01. The van der Waals surface area contributed by atoms with E-state index in [2.05, 4.69) is 4.98 Å². The second-order valence-electron chi connectivity index (χ2n) is 4.68. The molecule has 102 valence electrons. The van der Waals surface area contributed by atoms with Crippen molar-refractivity contribution in [2.75, 3.05) is 11.9 Å². The van der Waals surface area contributed by atoms with Crippen LogP contribution < -0.4 is 4.90 Å². The number of carbonyl (C=O) groups excluding carboxylic acids is 1. The predicted molar refractivity (Wildman–Crippen MR) is 86.1 cm³/mol. The monoisotopic (exact) mass is 302 g/mol. The topological polar surface area (TPSA) is 33.2 Å². The van der Waals surface area contributed by atoms with Crippen LogP contribution in [0.15, 0.2) is 30.3 Å². The third kappa shape index (κ3) is 2.23. The molecule has 0 N–H and O–H groups in total. The molecule has 0 fully saturated rings. The van der Waals surface area contributed by atoms with Crippen molar-refractivity contribution < 1.29 is 4.79 Å². The summed E-state index contributed by atoms with van der Waals surface area (Å²) >= 11 is 3.08. The van der Waals surface area contributed by atoms with Crippen LogP contribution in [-0.2, 0) is 0 Å². The zero-order chi connectivity index (χ0) is 14.3. The van der Waals surface area contributed by atoms with Crippen molar-refractivity contribution in [1.82, 2.24) is 4.98 Å². The first-order chi connectivity index (χ1) is 9.56. The lowest BCUT2D eigenvalue weighted by Crippen LogP contribution is -2.25. The lowest BCUT2D eigenvalue weighted by Gasteiger charge is -2.11. The number of carbonyl (C=O) groups is 1. The molecule has 1 amide bonds. The number of nitrogens with zero attached hydrogens (tertiary/aromatic N) is 2. The number of aromatic nitrogens is 1. The molecule has 0 radical (unpaired) electrons. The Balaban J connectivity index is 1.95. The lowest BCUT2D eigenvalue weighted by molar-refractivity contribution is 0.0997. The van der Waals surface area contributed by atoms with Crippen LogP contribution in [0.3, 0.4) is 0 Å². The summed E-state index contributed by atoms with van der Waals surface area (Å²) in [5, 5.41) is 0.736. The van der Waals surface area contributed by atoms with Crippen molar-refractivity contribution in [3.63, 3.8) is 0 Å². The fraction of sp³-hybridized carbons (Fsp3) is 0.200. The molecule has 3 rings (SSSR count). The molecule has 3 nitrogen and oxygen atoms in total. The maximum atomic E-state index is 12.5. The van der Waals surface area contributed by atoms with Gasteiger partial charge in [0.05, 0.1) is 15.1 Å². The fourth-order valence-corrected chi connectivity index (χ4v) is 3.87. The maximum Gasteiger partial charge on any atom is 0.269 e. The summed E-state index contributed by atoms with van der Waals surface area (Å²) in [6.07, 6.45) is 0. The summed E-state index contributed by atoms with van der Waals surface area (Å²) in [5.41, 5.74) is 2.10. The van der Waals surface area contributed by atoms with Gasteiger partial charge in [0.2, 0.25) is 0 Å². The smallest absolute Gasteiger partial charge is 0.269 e. The molecule has 0 aliphatic heterocycles. The highest BCUT2D eigenvalue weighted by Gasteiger charge is 2.19. The molecule has 3 aromatic rings. The molecule has 0 spiro atoms. The highest BCUT2D eigenvalue weighted by molar-refractivity contribution is 7.22. The van der Waals surface area contributed by atoms with Crippen molar-refractivity contribution in [2.24, 2.45) is 0 Å². The second kappa shape index (κ2) is 5.00. The molecule has 0 unspecified atom stereocenters. The van der Waals surface area contributed by atoms with Gasteiger partial charge in [-0.2, -0.15) is 0 Å². The number of hydrogen-bond donors (Lipinski definition) is 0. The highest BCUT2D eigenvalue weighted by Crippen LogP contribution is 2.30. The van der Waals surface area contributed by atoms with Crippen LogP contribution >= 0.6 is 22.7 Å². The summed E-state index contributed by atoms with van der Waals surface area (Å²) in [5.74, 6) is 0.00487. The van der Waals surface area contributed by atoms with Gasteiger partial charge in [0.25, 0.3) is 5.91 Å². The van der Waals surface area contributed by atoms with Gasteiger partial charge < -0.3 is 0 Å². The Morgan fingerprint density at radius 1 is 1.20 bits per heavy atom. The van der Waals surface area contributed by atoms with Gasteiger partial charge >= 0.3 is 0 Å². The summed E-state index contributed by atoms with van der Waals surface area (Å²) < 4.78 is 1.10. The number of hydrogen-bond acceptors (Lipinski definition) is 4. The van der Waals surface area contributed by atoms with Crippen molar-refractivity contribution in [3.8, 4) is 0 Å². The third-order valence-electron chi connectivity index (χ3n) is 3.25. The third-order valence-corrected chi connectivity index (χ3v) is 5.50. The molecule has 20 heavy (non-hydrogen) atoms. The maximum absolute atomic E-state index is 12.5. The molecule has 5 heteroatoms. The van der Waals surface area contributed by atoms with Crippen LogP contribution in [0.25, 0.3) is 10.2 Å². The quantitative estimate of drug-likeness (QED) is 0.709. The zero-order valence-electron chi connectivity index (χ0n) is 11.5. The first kappa shape index (κ1) is 13.3. The Labute approximate surface area is 125 Å². The molecule has 0 saturated heterocycles. The predicted octanol–water partition coefficient (Wildman–Crippen LogP) is 4.25. The Bertz CT molecular complexity index is 736. The minimum absolute atomic E-state index is 0.00487. The summed E-state index contributed by atoms with van der Waals surface area (Å²) in [7, 11) is 1.78. The van der Waals surface area contributed by atoms with Gasteiger partial charge in [0.1, 0.15) is 0 Å². The van der Waals surface area contributed by atoms with E-state index in [0.29, 0.717) is 0 Å². The standard InChI is InChI=1S/C15H14N2OS2/c1-9-8-13(19-10(9)2)14(18)17(3)15-16-11-6-4-5-7-12(11)20-15/h4-8H,1-3H3. The van der Waals surface area contributed by atoms with Crippen LogP contribution in [-0.4, -0.2) is 17.9 Å². The van der Waals surface area contributed by atoms with E-state index in [1.807, 2.05) is 44.2 Å². The van der Waals surface area contributed by atoms with Gasteiger partial charge in [0, 0.05) is 11.9 Å².